The summed E-state index contributed by atoms with van der Waals surface area (Å²) in [5.41, 5.74) is 6.00. The molecule has 214 valence electrons. The topological polar surface area (TPSA) is 156 Å². The number of sulfone groups is 1. The van der Waals surface area contributed by atoms with Crippen LogP contribution in [0.3, 0.4) is 0 Å². The molecular formula is C31H27FN4O5S. The van der Waals surface area contributed by atoms with Crippen molar-refractivity contribution in [2.24, 2.45) is 11.7 Å². The Hall–Kier alpha value is -4.82. The van der Waals surface area contributed by atoms with Gasteiger partial charge in [0.15, 0.2) is 4.90 Å². The van der Waals surface area contributed by atoms with Crippen molar-refractivity contribution < 1.29 is 22.7 Å². The molecule has 1 atom stereocenters. The third kappa shape index (κ3) is 5.41. The van der Waals surface area contributed by atoms with Gasteiger partial charge < -0.3 is 10.8 Å². The number of carbonyl (C=O) groups is 1. The second kappa shape index (κ2) is 11.2. The summed E-state index contributed by atoms with van der Waals surface area (Å²) in [6, 6.07) is 17.0. The lowest BCUT2D eigenvalue weighted by Crippen LogP contribution is -2.27. The van der Waals surface area contributed by atoms with Crippen LogP contribution in [0.4, 0.5) is 4.39 Å². The predicted molar refractivity (Wildman–Crippen MR) is 152 cm³/mol. The first-order chi connectivity index (χ1) is 20.0. The quantitative estimate of drug-likeness (QED) is 0.292. The maximum atomic E-state index is 13.8. The van der Waals surface area contributed by atoms with Gasteiger partial charge >= 0.3 is 0 Å². The first-order valence-corrected chi connectivity index (χ1v) is 14.8. The number of aromatic hydroxyl groups is 1. The summed E-state index contributed by atoms with van der Waals surface area (Å²) in [5.74, 6) is -1.68. The molecule has 1 amide bonds. The average Bonchev–Trinajstić information content (AvgIpc) is 3.79. The molecule has 1 fully saturated rings. The number of hydrogen-bond donors (Lipinski definition) is 2. The van der Waals surface area contributed by atoms with Crippen LogP contribution in [-0.4, -0.2) is 29.0 Å². The van der Waals surface area contributed by atoms with E-state index in [1.807, 2.05) is 6.92 Å². The molecule has 3 aromatic carbocycles. The van der Waals surface area contributed by atoms with Crippen LogP contribution in [0.5, 0.6) is 5.88 Å². The van der Waals surface area contributed by atoms with Gasteiger partial charge in [0, 0.05) is 12.0 Å². The highest BCUT2D eigenvalue weighted by atomic mass is 32.2. The fraction of sp³-hybridized carbons (Fsp3) is 0.226. The van der Waals surface area contributed by atoms with Gasteiger partial charge in [-0.2, -0.15) is 10.2 Å². The van der Waals surface area contributed by atoms with E-state index in [2.05, 4.69) is 11.1 Å². The van der Waals surface area contributed by atoms with E-state index in [-0.39, 0.29) is 22.2 Å². The van der Waals surface area contributed by atoms with E-state index in [0.29, 0.717) is 35.1 Å². The summed E-state index contributed by atoms with van der Waals surface area (Å²) in [6.07, 6.45) is 2.69. The zero-order valence-electron chi connectivity index (χ0n) is 22.6. The highest BCUT2D eigenvalue weighted by Crippen LogP contribution is 2.37. The third-order valence-electron chi connectivity index (χ3n) is 7.39. The van der Waals surface area contributed by atoms with E-state index in [4.69, 9.17) is 5.73 Å². The number of nitrogens with zero attached hydrogens (tertiary/aromatic N) is 3. The SMILES string of the molecule is CC[C@@H](c1cccc(C#N)c1)n1c(CC2CC2)nc(=O)c(S(=O)(=O)c2ccc(-c3ccc(F)cc3C(N)=O)cc2)c1O. The summed E-state index contributed by atoms with van der Waals surface area (Å²) in [4.78, 5) is 28.1. The molecule has 0 bridgehead atoms. The molecule has 1 aliphatic carbocycles. The van der Waals surface area contributed by atoms with Crippen molar-refractivity contribution in [3.05, 3.63) is 105 Å². The molecule has 1 aromatic heterocycles. The van der Waals surface area contributed by atoms with Gasteiger partial charge in [-0.25, -0.2) is 12.8 Å². The molecular weight excluding hydrogens is 559 g/mol. The van der Waals surface area contributed by atoms with Crippen molar-refractivity contribution in [3.8, 4) is 23.1 Å². The Bertz CT molecular complexity index is 1910. The number of hydrogen-bond acceptors (Lipinski definition) is 7. The van der Waals surface area contributed by atoms with Gasteiger partial charge in [-0.15, -0.1) is 0 Å². The minimum Gasteiger partial charge on any atom is -0.493 e. The zero-order valence-corrected chi connectivity index (χ0v) is 23.4. The molecule has 4 aromatic rings. The number of rotatable bonds is 9. The third-order valence-corrected chi connectivity index (χ3v) is 9.18. The molecule has 1 aliphatic rings. The van der Waals surface area contributed by atoms with E-state index in [1.54, 1.807) is 24.3 Å². The highest BCUT2D eigenvalue weighted by Gasteiger charge is 2.34. The smallest absolute Gasteiger partial charge is 0.296 e. The summed E-state index contributed by atoms with van der Waals surface area (Å²) in [5, 5.41) is 20.9. The molecule has 0 saturated heterocycles. The van der Waals surface area contributed by atoms with E-state index in [0.717, 1.165) is 25.0 Å². The molecule has 1 heterocycles. The lowest BCUT2D eigenvalue weighted by atomic mass is 9.99. The molecule has 42 heavy (non-hydrogen) atoms. The van der Waals surface area contributed by atoms with Gasteiger partial charge in [0.05, 0.1) is 22.6 Å². The second-order valence-electron chi connectivity index (χ2n) is 10.2. The molecule has 5 rings (SSSR count). The van der Waals surface area contributed by atoms with Gasteiger partial charge in [0.2, 0.25) is 21.6 Å². The number of nitrogens with two attached hydrogens (primary N) is 1. The fourth-order valence-corrected chi connectivity index (χ4v) is 6.47. The van der Waals surface area contributed by atoms with Gasteiger partial charge in [-0.05, 0) is 78.3 Å². The van der Waals surface area contributed by atoms with Gasteiger partial charge in [0.25, 0.3) is 5.56 Å². The van der Waals surface area contributed by atoms with Gasteiger partial charge in [-0.1, -0.05) is 37.3 Å². The van der Waals surface area contributed by atoms with E-state index in [1.165, 1.54) is 34.9 Å². The van der Waals surface area contributed by atoms with Crippen LogP contribution in [0, 0.1) is 23.1 Å². The normalized spacial score (nSPS) is 13.8. The van der Waals surface area contributed by atoms with Crippen LogP contribution in [0.15, 0.2) is 81.3 Å². The Morgan fingerprint density at radius 2 is 1.88 bits per heavy atom. The van der Waals surface area contributed by atoms with Crippen LogP contribution in [0.1, 0.15) is 59.5 Å². The Kier molecular flexibility index (Phi) is 7.67. The fourth-order valence-electron chi connectivity index (χ4n) is 5.12. The van der Waals surface area contributed by atoms with Crippen molar-refractivity contribution in [2.75, 3.05) is 0 Å². The van der Waals surface area contributed by atoms with Crippen LogP contribution < -0.4 is 11.3 Å². The first-order valence-electron chi connectivity index (χ1n) is 13.3. The second-order valence-corrected chi connectivity index (χ2v) is 12.1. The lowest BCUT2D eigenvalue weighted by molar-refractivity contribution is 0.100. The van der Waals surface area contributed by atoms with E-state index in [9.17, 15) is 32.8 Å². The van der Waals surface area contributed by atoms with E-state index < -0.39 is 43.9 Å². The molecule has 1 saturated carbocycles. The average molecular weight is 587 g/mol. The molecule has 0 unspecified atom stereocenters. The van der Waals surface area contributed by atoms with Crippen molar-refractivity contribution >= 4 is 15.7 Å². The summed E-state index contributed by atoms with van der Waals surface area (Å²) >= 11 is 0. The zero-order chi connectivity index (χ0) is 30.2. The molecule has 11 heteroatoms. The van der Waals surface area contributed by atoms with Crippen LogP contribution >= 0.6 is 0 Å². The Labute approximate surface area is 241 Å². The maximum absolute atomic E-state index is 13.8. The monoisotopic (exact) mass is 586 g/mol. The summed E-state index contributed by atoms with van der Waals surface area (Å²) in [6.45, 7) is 1.85. The van der Waals surface area contributed by atoms with Crippen LogP contribution in [0.25, 0.3) is 11.1 Å². The summed E-state index contributed by atoms with van der Waals surface area (Å²) < 4.78 is 42.7. The Balaban J connectivity index is 1.63. The Morgan fingerprint density at radius 3 is 2.50 bits per heavy atom. The van der Waals surface area contributed by atoms with Crippen molar-refractivity contribution in [1.82, 2.24) is 9.55 Å². The molecule has 0 aliphatic heterocycles. The molecule has 0 radical (unpaired) electrons. The van der Waals surface area contributed by atoms with Crippen molar-refractivity contribution in [1.29, 1.82) is 5.26 Å². The first kappa shape index (κ1) is 28.7. The standard InChI is InChI=1S/C31H27FN4O5S/c1-2-26(21-5-3-4-19(14-21)17-33)36-27(15-18-6-7-18)35-30(38)28(31(36)39)42(40,41)23-11-8-20(9-12-23)24-13-10-22(32)16-25(24)29(34)37/h3-5,8-14,16,18,26,39H,2,6-7,15H2,1H3,(H2,34,37)/t26-/m0/s1. The number of benzene rings is 3. The predicted octanol–water partition coefficient (Wildman–Crippen LogP) is 4.51. The number of aromatic nitrogens is 2. The van der Waals surface area contributed by atoms with Crippen molar-refractivity contribution in [3.63, 3.8) is 0 Å². The lowest BCUT2D eigenvalue weighted by Gasteiger charge is -2.25. The van der Waals surface area contributed by atoms with Crippen molar-refractivity contribution in [2.45, 2.75) is 48.4 Å². The highest BCUT2D eigenvalue weighted by molar-refractivity contribution is 7.91. The molecule has 3 N–H and O–H groups in total. The minimum absolute atomic E-state index is 0.0762. The summed E-state index contributed by atoms with van der Waals surface area (Å²) in [7, 11) is -4.57. The number of nitriles is 1. The number of amides is 1. The maximum Gasteiger partial charge on any atom is 0.296 e. The largest absolute Gasteiger partial charge is 0.493 e. The number of primary amides is 1. The van der Waals surface area contributed by atoms with Gasteiger partial charge in [0.1, 0.15) is 11.6 Å². The molecule has 9 nitrogen and oxygen atoms in total. The van der Waals surface area contributed by atoms with Gasteiger partial charge in [-0.3, -0.25) is 14.2 Å². The minimum atomic E-state index is -4.57. The molecule has 0 spiro atoms. The number of carbonyl (C=O) groups excluding carboxylic acids is 1. The van der Waals surface area contributed by atoms with Crippen LogP contribution in [0.2, 0.25) is 0 Å². The van der Waals surface area contributed by atoms with Crippen LogP contribution in [-0.2, 0) is 16.3 Å². The number of halogens is 1. The Morgan fingerprint density at radius 1 is 1.17 bits per heavy atom. The van der Waals surface area contributed by atoms with E-state index >= 15 is 0 Å².